The number of nitrogens with one attached hydrogen (secondary N) is 1. The largest absolute Gasteiger partial charge is 0.493 e. The first-order valence-corrected chi connectivity index (χ1v) is 12.5. The van der Waals surface area contributed by atoms with Crippen LogP contribution in [0.2, 0.25) is 0 Å². The van der Waals surface area contributed by atoms with Crippen LogP contribution >= 0.6 is 0 Å². The van der Waals surface area contributed by atoms with Crippen molar-refractivity contribution in [3.8, 4) is 11.5 Å². The Morgan fingerprint density at radius 1 is 0.789 bits per heavy atom. The quantitative estimate of drug-likeness (QED) is 0.383. The zero-order chi connectivity index (χ0) is 27.9. The van der Waals surface area contributed by atoms with Crippen LogP contribution in [0.1, 0.15) is 20.7 Å². The van der Waals surface area contributed by atoms with Crippen LogP contribution < -0.4 is 19.1 Å². The highest BCUT2D eigenvalue weighted by molar-refractivity contribution is 7.92. The number of rotatable bonds is 10. The molecule has 0 unspecified atom stereocenters. The van der Waals surface area contributed by atoms with Gasteiger partial charge in [-0.3, -0.25) is 9.10 Å². The van der Waals surface area contributed by atoms with Gasteiger partial charge in [0.05, 0.1) is 55.8 Å². The van der Waals surface area contributed by atoms with Gasteiger partial charge in [-0.25, -0.2) is 18.0 Å². The number of esters is 2. The third-order valence-corrected chi connectivity index (χ3v) is 7.18. The summed E-state index contributed by atoms with van der Waals surface area (Å²) >= 11 is 0. The fourth-order valence-electron chi connectivity index (χ4n) is 3.52. The molecular formula is C26H26N2O9S. The molecule has 3 aromatic rings. The molecule has 12 heteroatoms. The van der Waals surface area contributed by atoms with Gasteiger partial charge in [-0.1, -0.05) is 18.2 Å². The molecule has 0 heterocycles. The van der Waals surface area contributed by atoms with E-state index in [1.807, 2.05) is 0 Å². The normalized spacial score (nSPS) is 10.7. The van der Waals surface area contributed by atoms with Crippen molar-refractivity contribution < 1.29 is 41.7 Å². The molecule has 0 aliphatic rings. The van der Waals surface area contributed by atoms with Gasteiger partial charge in [0.2, 0.25) is 5.91 Å². The molecular weight excluding hydrogens is 516 g/mol. The first-order valence-electron chi connectivity index (χ1n) is 11.1. The maximum Gasteiger partial charge on any atom is 0.339 e. The smallest absolute Gasteiger partial charge is 0.339 e. The molecule has 0 atom stereocenters. The Bertz CT molecular complexity index is 1440. The average molecular weight is 543 g/mol. The Hall–Kier alpha value is -4.58. The number of nitrogens with zero attached hydrogens (tertiary/aromatic N) is 1. The van der Waals surface area contributed by atoms with Crippen LogP contribution in [0, 0.1) is 0 Å². The van der Waals surface area contributed by atoms with Crippen molar-refractivity contribution in [2.75, 3.05) is 44.6 Å². The van der Waals surface area contributed by atoms with E-state index in [1.54, 1.807) is 18.2 Å². The Morgan fingerprint density at radius 3 is 2.05 bits per heavy atom. The van der Waals surface area contributed by atoms with Gasteiger partial charge in [0, 0.05) is 6.07 Å². The van der Waals surface area contributed by atoms with Crippen LogP contribution in [0.15, 0.2) is 71.6 Å². The maximum absolute atomic E-state index is 13.6. The minimum absolute atomic E-state index is 0.0444. The van der Waals surface area contributed by atoms with E-state index in [9.17, 15) is 22.8 Å². The summed E-state index contributed by atoms with van der Waals surface area (Å²) in [5.41, 5.74) is 0.0773. The van der Waals surface area contributed by atoms with Crippen molar-refractivity contribution in [2.24, 2.45) is 0 Å². The lowest BCUT2D eigenvalue weighted by Crippen LogP contribution is -2.38. The molecule has 3 rings (SSSR count). The first kappa shape index (κ1) is 28.0. The van der Waals surface area contributed by atoms with Crippen LogP contribution in [0.4, 0.5) is 11.4 Å². The molecule has 1 N–H and O–H groups in total. The van der Waals surface area contributed by atoms with Gasteiger partial charge in [-0.2, -0.15) is 0 Å². The van der Waals surface area contributed by atoms with Gasteiger partial charge in [0.15, 0.2) is 11.5 Å². The van der Waals surface area contributed by atoms with Crippen molar-refractivity contribution in [3.05, 3.63) is 77.9 Å². The van der Waals surface area contributed by atoms with Crippen molar-refractivity contribution >= 4 is 39.2 Å². The molecule has 38 heavy (non-hydrogen) atoms. The highest BCUT2D eigenvalue weighted by Gasteiger charge is 2.29. The molecule has 0 aliphatic heterocycles. The number of benzene rings is 3. The number of carbonyl (C=O) groups is 3. The number of methoxy groups -OCH3 is 4. The van der Waals surface area contributed by atoms with Gasteiger partial charge in [0.25, 0.3) is 10.0 Å². The number of ether oxygens (including phenoxy) is 4. The second-order valence-electron chi connectivity index (χ2n) is 7.66. The SMILES string of the molecule is COC(=O)c1ccc(C(=O)OC)c(NC(=O)CN(c2ccc(OC)c(OC)c2)S(=O)(=O)c2ccccc2)c1. The molecule has 0 spiro atoms. The van der Waals surface area contributed by atoms with Crippen molar-refractivity contribution in [1.29, 1.82) is 0 Å². The minimum Gasteiger partial charge on any atom is -0.493 e. The van der Waals surface area contributed by atoms with E-state index < -0.39 is 34.4 Å². The summed E-state index contributed by atoms with van der Waals surface area (Å²) in [6.07, 6.45) is 0. The first-order chi connectivity index (χ1) is 18.2. The lowest BCUT2D eigenvalue weighted by Gasteiger charge is -2.25. The van der Waals surface area contributed by atoms with Crippen LogP contribution in [-0.2, 0) is 24.3 Å². The summed E-state index contributed by atoms with van der Waals surface area (Å²) < 4.78 is 48.1. The number of hydrogen-bond donors (Lipinski definition) is 1. The van der Waals surface area contributed by atoms with Crippen LogP contribution in [0.3, 0.4) is 0 Å². The van der Waals surface area contributed by atoms with Gasteiger partial charge in [-0.15, -0.1) is 0 Å². The van der Waals surface area contributed by atoms with Gasteiger partial charge in [-0.05, 0) is 42.5 Å². The third kappa shape index (κ3) is 6.03. The summed E-state index contributed by atoms with van der Waals surface area (Å²) in [5.74, 6) is -1.66. The van der Waals surface area contributed by atoms with Crippen LogP contribution in [0.5, 0.6) is 11.5 Å². The summed E-state index contributed by atoms with van der Waals surface area (Å²) in [6, 6.07) is 15.8. The Morgan fingerprint density at radius 2 is 1.45 bits per heavy atom. The Labute approximate surface area is 219 Å². The predicted octanol–water partition coefficient (Wildman–Crippen LogP) is 3.11. The molecule has 0 saturated carbocycles. The molecule has 11 nitrogen and oxygen atoms in total. The van der Waals surface area contributed by atoms with Crippen molar-refractivity contribution in [3.63, 3.8) is 0 Å². The zero-order valence-corrected chi connectivity index (χ0v) is 21.9. The van der Waals surface area contributed by atoms with Crippen molar-refractivity contribution in [2.45, 2.75) is 4.90 Å². The molecule has 0 aromatic heterocycles. The number of carbonyl (C=O) groups excluding carboxylic acids is 3. The Balaban J connectivity index is 2.05. The average Bonchev–Trinajstić information content (AvgIpc) is 2.94. The molecule has 0 fully saturated rings. The van der Waals surface area contributed by atoms with E-state index in [0.717, 1.165) is 11.4 Å². The number of anilines is 2. The van der Waals surface area contributed by atoms with E-state index in [2.05, 4.69) is 5.32 Å². The third-order valence-electron chi connectivity index (χ3n) is 5.39. The number of amides is 1. The maximum atomic E-state index is 13.6. The van der Waals surface area contributed by atoms with E-state index >= 15 is 0 Å². The van der Waals surface area contributed by atoms with E-state index in [-0.39, 0.29) is 33.1 Å². The molecule has 0 aliphatic carbocycles. The summed E-state index contributed by atoms with van der Waals surface area (Å²) in [5, 5.41) is 2.51. The minimum atomic E-state index is -4.23. The molecule has 0 radical (unpaired) electrons. The predicted molar refractivity (Wildman–Crippen MR) is 138 cm³/mol. The summed E-state index contributed by atoms with van der Waals surface area (Å²) in [7, 11) is 0.944. The lowest BCUT2D eigenvalue weighted by molar-refractivity contribution is -0.114. The highest BCUT2D eigenvalue weighted by Crippen LogP contribution is 2.34. The number of sulfonamides is 1. The zero-order valence-electron chi connectivity index (χ0n) is 21.1. The lowest BCUT2D eigenvalue weighted by atomic mass is 10.1. The van der Waals surface area contributed by atoms with Crippen molar-refractivity contribution in [1.82, 2.24) is 0 Å². The molecule has 3 aromatic carbocycles. The van der Waals surface area contributed by atoms with E-state index in [4.69, 9.17) is 18.9 Å². The van der Waals surface area contributed by atoms with Crippen LogP contribution in [-0.4, -0.2) is 61.2 Å². The monoisotopic (exact) mass is 542 g/mol. The Kier molecular flexibility index (Phi) is 8.92. The molecule has 1 amide bonds. The van der Waals surface area contributed by atoms with E-state index in [0.29, 0.717) is 5.75 Å². The summed E-state index contributed by atoms with van der Waals surface area (Å²) in [4.78, 5) is 37.4. The van der Waals surface area contributed by atoms with Gasteiger partial charge >= 0.3 is 11.9 Å². The van der Waals surface area contributed by atoms with Gasteiger partial charge in [0.1, 0.15) is 6.54 Å². The second kappa shape index (κ2) is 12.1. The van der Waals surface area contributed by atoms with E-state index in [1.165, 1.54) is 69.9 Å². The summed E-state index contributed by atoms with van der Waals surface area (Å²) in [6.45, 7) is -0.685. The topological polar surface area (TPSA) is 138 Å². The number of hydrogen-bond acceptors (Lipinski definition) is 9. The molecule has 200 valence electrons. The second-order valence-corrected chi connectivity index (χ2v) is 9.52. The molecule has 0 bridgehead atoms. The van der Waals surface area contributed by atoms with Crippen LogP contribution in [0.25, 0.3) is 0 Å². The fraction of sp³-hybridized carbons (Fsp3) is 0.192. The highest BCUT2D eigenvalue weighted by atomic mass is 32.2. The molecule has 0 saturated heterocycles. The standard InChI is InChI=1S/C26H26N2O9S/c1-34-22-13-11-18(15-23(22)35-2)28(38(32,33)19-8-6-5-7-9-19)16-24(29)27-21-14-17(25(30)36-3)10-12-20(21)26(31)37-4/h5-15H,16H2,1-4H3,(H,27,29). The fourth-order valence-corrected chi connectivity index (χ4v) is 4.95. The van der Waals surface area contributed by atoms with Gasteiger partial charge < -0.3 is 24.3 Å².